The molecule has 7 nitrogen and oxygen atoms in total. The summed E-state index contributed by atoms with van der Waals surface area (Å²) in [5.41, 5.74) is 3.57. The number of benzene rings is 2. The molecule has 4 rings (SSSR count). The van der Waals surface area contributed by atoms with Crippen molar-refractivity contribution in [2.24, 2.45) is 5.92 Å². The average molecular weight is 438 g/mol. The van der Waals surface area contributed by atoms with Crippen LogP contribution >= 0.6 is 11.3 Å². The lowest BCUT2D eigenvalue weighted by molar-refractivity contribution is -0.121. The largest absolute Gasteiger partial charge is 0.493 e. The van der Waals surface area contributed by atoms with Gasteiger partial charge in [-0.2, -0.15) is 0 Å². The molecule has 2 N–H and O–H groups in total. The second-order valence-electron chi connectivity index (χ2n) is 7.24. The summed E-state index contributed by atoms with van der Waals surface area (Å²) in [5.74, 6) is 0.867. The third-order valence-corrected chi connectivity index (χ3v) is 6.02. The number of ether oxygens (including phenoxy) is 2. The Bertz CT molecular complexity index is 1110. The summed E-state index contributed by atoms with van der Waals surface area (Å²) < 4.78 is 10.6. The fraction of sp³-hybridized carbons (Fsp3) is 0.261. The summed E-state index contributed by atoms with van der Waals surface area (Å²) in [6.45, 7) is 0. The molecule has 2 heterocycles. The van der Waals surface area contributed by atoms with Crippen molar-refractivity contribution in [2.75, 3.05) is 24.9 Å². The van der Waals surface area contributed by atoms with E-state index < -0.39 is 0 Å². The second kappa shape index (κ2) is 9.18. The van der Waals surface area contributed by atoms with Crippen molar-refractivity contribution >= 4 is 34.0 Å². The predicted octanol–water partition coefficient (Wildman–Crippen LogP) is 4.36. The van der Waals surface area contributed by atoms with Crippen LogP contribution in [0.3, 0.4) is 0 Å². The maximum absolute atomic E-state index is 12.4. The number of carbonyl (C=O) groups excluding carboxylic acids is 2. The van der Waals surface area contributed by atoms with Crippen LogP contribution < -0.4 is 20.1 Å². The first-order valence-electron chi connectivity index (χ1n) is 9.94. The van der Waals surface area contributed by atoms with Gasteiger partial charge in [0.15, 0.2) is 16.6 Å². The molecule has 0 aliphatic carbocycles. The second-order valence-corrected chi connectivity index (χ2v) is 8.10. The zero-order valence-electron chi connectivity index (χ0n) is 17.3. The lowest BCUT2D eigenvalue weighted by atomic mass is 9.89. The number of para-hydroxylation sites is 1. The highest BCUT2D eigenvalue weighted by molar-refractivity contribution is 7.14. The molecule has 0 saturated heterocycles. The molecule has 0 spiro atoms. The molecule has 2 aromatic carbocycles. The SMILES string of the molecule is COc1ccc(-c2csc(NC(=O)CCC3Cc4ccccc4NC3=O)n2)cc1OC. The highest BCUT2D eigenvalue weighted by atomic mass is 32.1. The van der Waals surface area contributed by atoms with Gasteiger partial charge in [0.1, 0.15) is 0 Å². The van der Waals surface area contributed by atoms with Crippen molar-refractivity contribution in [1.82, 2.24) is 4.98 Å². The summed E-state index contributed by atoms with van der Waals surface area (Å²) in [5, 5.41) is 8.16. The molecular weight excluding hydrogens is 414 g/mol. The number of nitrogens with one attached hydrogen (secondary N) is 2. The monoisotopic (exact) mass is 437 g/mol. The number of anilines is 2. The van der Waals surface area contributed by atoms with Crippen LogP contribution in [0, 0.1) is 5.92 Å². The molecule has 2 amide bonds. The van der Waals surface area contributed by atoms with Crippen molar-refractivity contribution < 1.29 is 19.1 Å². The first-order valence-corrected chi connectivity index (χ1v) is 10.8. The molecule has 0 saturated carbocycles. The van der Waals surface area contributed by atoms with E-state index in [-0.39, 0.29) is 24.2 Å². The Balaban J connectivity index is 1.35. The van der Waals surface area contributed by atoms with Gasteiger partial charge in [0, 0.05) is 29.0 Å². The minimum Gasteiger partial charge on any atom is -0.493 e. The van der Waals surface area contributed by atoms with E-state index in [0.717, 1.165) is 22.5 Å². The molecule has 0 fully saturated rings. The van der Waals surface area contributed by atoms with Gasteiger partial charge in [0.05, 0.1) is 19.9 Å². The zero-order valence-corrected chi connectivity index (χ0v) is 18.1. The molecule has 1 aliphatic heterocycles. The van der Waals surface area contributed by atoms with Crippen molar-refractivity contribution in [3.8, 4) is 22.8 Å². The molecule has 1 atom stereocenters. The zero-order chi connectivity index (χ0) is 21.8. The number of nitrogens with zero attached hydrogens (tertiary/aromatic N) is 1. The Kier molecular flexibility index (Phi) is 6.18. The van der Waals surface area contributed by atoms with Crippen LogP contribution in [-0.2, 0) is 16.0 Å². The molecule has 3 aromatic rings. The highest BCUT2D eigenvalue weighted by Gasteiger charge is 2.26. The molecule has 31 heavy (non-hydrogen) atoms. The Morgan fingerprint density at radius 2 is 2.00 bits per heavy atom. The van der Waals surface area contributed by atoms with Gasteiger partial charge in [0.2, 0.25) is 11.8 Å². The van der Waals surface area contributed by atoms with Gasteiger partial charge in [-0.1, -0.05) is 18.2 Å². The fourth-order valence-electron chi connectivity index (χ4n) is 3.59. The molecule has 160 valence electrons. The van der Waals surface area contributed by atoms with Crippen LogP contribution in [0.2, 0.25) is 0 Å². The van der Waals surface area contributed by atoms with E-state index in [1.165, 1.54) is 11.3 Å². The molecule has 1 aromatic heterocycles. The van der Waals surface area contributed by atoms with E-state index in [4.69, 9.17) is 9.47 Å². The van der Waals surface area contributed by atoms with Crippen molar-refractivity contribution in [1.29, 1.82) is 0 Å². The fourth-order valence-corrected chi connectivity index (χ4v) is 4.33. The lowest BCUT2D eigenvalue weighted by Gasteiger charge is -2.24. The van der Waals surface area contributed by atoms with Gasteiger partial charge >= 0.3 is 0 Å². The van der Waals surface area contributed by atoms with Crippen LogP contribution in [0.5, 0.6) is 11.5 Å². The van der Waals surface area contributed by atoms with Crippen LogP contribution in [-0.4, -0.2) is 31.0 Å². The van der Waals surface area contributed by atoms with E-state index in [9.17, 15) is 9.59 Å². The minimum atomic E-state index is -0.209. The van der Waals surface area contributed by atoms with Gasteiger partial charge in [-0.25, -0.2) is 4.98 Å². The maximum atomic E-state index is 12.4. The van der Waals surface area contributed by atoms with E-state index in [1.54, 1.807) is 14.2 Å². The van der Waals surface area contributed by atoms with Gasteiger partial charge < -0.3 is 20.1 Å². The summed E-state index contributed by atoms with van der Waals surface area (Å²) in [7, 11) is 3.17. The van der Waals surface area contributed by atoms with Crippen LogP contribution in [0.4, 0.5) is 10.8 Å². The molecule has 1 unspecified atom stereocenters. The van der Waals surface area contributed by atoms with Crippen molar-refractivity contribution in [3.05, 3.63) is 53.4 Å². The normalized spacial score (nSPS) is 15.0. The standard InChI is InChI=1S/C23H23N3O4S/c1-29-19-9-7-15(12-20(19)30-2)18-13-31-23(25-18)26-21(27)10-8-16-11-14-5-3-4-6-17(14)24-22(16)28/h3-7,9,12-13,16H,8,10-11H2,1-2H3,(H,24,28)(H,25,26,27). The van der Waals surface area contributed by atoms with E-state index in [1.807, 2.05) is 47.8 Å². The molecular formula is C23H23N3O4S. The Labute approximate surface area is 184 Å². The number of amides is 2. The number of methoxy groups -OCH3 is 2. The van der Waals surface area contributed by atoms with Crippen LogP contribution in [0.1, 0.15) is 18.4 Å². The number of aromatic nitrogens is 1. The van der Waals surface area contributed by atoms with Crippen LogP contribution in [0.25, 0.3) is 11.3 Å². The molecule has 8 heteroatoms. The highest BCUT2D eigenvalue weighted by Crippen LogP contribution is 2.33. The minimum absolute atomic E-state index is 0.0310. The number of rotatable bonds is 7. The van der Waals surface area contributed by atoms with Gasteiger partial charge in [0.25, 0.3) is 0 Å². The summed E-state index contributed by atoms with van der Waals surface area (Å²) in [6.07, 6.45) is 1.39. The lowest BCUT2D eigenvalue weighted by Crippen LogP contribution is -2.30. The number of carbonyl (C=O) groups is 2. The molecule has 1 aliphatic rings. The Morgan fingerprint density at radius 3 is 2.81 bits per heavy atom. The Morgan fingerprint density at radius 1 is 1.19 bits per heavy atom. The first kappa shape index (κ1) is 20.9. The van der Waals surface area contributed by atoms with Crippen molar-refractivity contribution in [2.45, 2.75) is 19.3 Å². The summed E-state index contributed by atoms with van der Waals surface area (Å²) in [4.78, 5) is 29.2. The third-order valence-electron chi connectivity index (χ3n) is 5.26. The van der Waals surface area contributed by atoms with Crippen LogP contribution in [0.15, 0.2) is 47.8 Å². The third kappa shape index (κ3) is 4.69. The van der Waals surface area contributed by atoms with E-state index in [0.29, 0.717) is 29.5 Å². The predicted molar refractivity (Wildman–Crippen MR) is 121 cm³/mol. The van der Waals surface area contributed by atoms with Gasteiger partial charge in [-0.3, -0.25) is 9.59 Å². The number of hydrogen-bond acceptors (Lipinski definition) is 6. The molecule has 0 radical (unpaired) electrons. The van der Waals surface area contributed by atoms with Gasteiger partial charge in [-0.15, -0.1) is 11.3 Å². The number of fused-ring (bicyclic) bond motifs is 1. The quantitative estimate of drug-likeness (QED) is 0.573. The summed E-state index contributed by atoms with van der Waals surface area (Å²) >= 11 is 1.35. The Hall–Kier alpha value is -3.39. The smallest absolute Gasteiger partial charge is 0.227 e. The number of hydrogen-bond donors (Lipinski definition) is 2. The average Bonchev–Trinajstić information content (AvgIpc) is 3.25. The summed E-state index contributed by atoms with van der Waals surface area (Å²) in [6, 6.07) is 13.3. The maximum Gasteiger partial charge on any atom is 0.227 e. The van der Waals surface area contributed by atoms with E-state index >= 15 is 0 Å². The topological polar surface area (TPSA) is 89.6 Å². The van der Waals surface area contributed by atoms with Crippen molar-refractivity contribution in [3.63, 3.8) is 0 Å². The van der Waals surface area contributed by atoms with E-state index in [2.05, 4.69) is 15.6 Å². The molecule has 0 bridgehead atoms. The number of thiazole rings is 1. The van der Waals surface area contributed by atoms with Gasteiger partial charge in [-0.05, 0) is 42.7 Å². The first-order chi connectivity index (χ1) is 15.1.